The molecule has 0 amide bonds. The number of nitrogens with zero attached hydrogens (tertiary/aromatic N) is 4. The number of esters is 3. The zero-order valence-electron chi connectivity index (χ0n) is 20.9. The number of hydrogen-bond donors (Lipinski definition) is 1. The number of carbonyl (C=O) groups excluding carboxylic acids is 3. The fraction of sp³-hybridized carbons (Fsp3) is 0.391. The zero-order chi connectivity index (χ0) is 29.1. The molecule has 1 fully saturated rings. The number of halogens is 3. The van der Waals surface area contributed by atoms with E-state index >= 15 is 0 Å². The molecular weight excluding hydrogens is 614 g/mol. The molecule has 0 bridgehead atoms. The minimum absolute atomic E-state index is 0.00600. The Balaban J connectivity index is 1.81. The van der Waals surface area contributed by atoms with Gasteiger partial charge in [0.1, 0.15) is 40.7 Å². The molecule has 1 aliphatic rings. The van der Waals surface area contributed by atoms with Crippen LogP contribution in [0.4, 0.5) is 4.39 Å². The minimum Gasteiger partial charge on any atom is -0.493 e. The molecule has 3 heterocycles. The van der Waals surface area contributed by atoms with E-state index < -0.39 is 53.5 Å². The predicted molar refractivity (Wildman–Crippen MR) is 141 cm³/mol. The summed E-state index contributed by atoms with van der Waals surface area (Å²) in [4.78, 5) is 40.0. The smallest absolute Gasteiger partial charge is 0.303 e. The Kier molecular flexibility index (Phi) is 9.51. The van der Waals surface area contributed by atoms with Crippen LogP contribution < -0.4 is 0 Å². The van der Waals surface area contributed by atoms with Gasteiger partial charge in [0.05, 0.1) is 21.6 Å². The fourth-order valence-electron chi connectivity index (χ4n) is 3.90. The molecule has 0 saturated carbocycles. The summed E-state index contributed by atoms with van der Waals surface area (Å²) in [6.45, 7) is 3.15. The predicted octanol–water partition coefficient (Wildman–Crippen LogP) is 4.04. The largest absolute Gasteiger partial charge is 0.493 e. The van der Waals surface area contributed by atoms with Gasteiger partial charge in [0.2, 0.25) is 5.88 Å². The van der Waals surface area contributed by atoms with Crippen LogP contribution >= 0.6 is 46.3 Å². The highest BCUT2D eigenvalue weighted by Gasteiger charge is 2.52. The molecule has 4 rings (SSSR count). The molecule has 12 nitrogen and oxygen atoms in total. The number of hydrogen-bond acceptors (Lipinski definition) is 13. The maximum atomic E-state index is 14.9. The Morgan fingerprint density at radius 3 is 2.42 bits per heavy atom. The van der Waals surface area contributed by atoms with E-state index in [1.807, 2.05) is 0 Å². The van der Waals surface area contributed by atoms with E-state index in [1.54, 1.807) is 0 Å². The molecule has 214 valence electrons. The molecule has 40 heavy (non-hydrogen) atoms. The Morgan fingerprint density at radius 2 is 1.80 bits per heavy atom. The van der Waals surface area contributed by atoms with Gasteiger partial charge in [-0.1, -0.05) is 40.2 Å². The third-order valence-corrected chi connectivity index (χ3v) is 8.17. The van der Waals surface area contributed by atoms with Crippen molar-refractivity contribution in [3.05, 3.63) is 39.6 Å². The number of carbonyl (C=O) groups is 3. The summed E-state index contributed by atoms with van der Waals surface area (Å²) in [7, 11) is 0. The third-order valence-electron chi connectivity index (χ3n) is 5.42. The van der Waals surface area contributed by atoms with Crippen molar-refractivity contribution < 1.29 is 42.8 Å². The van der Waals surface area contributed by atoms with Crippen LogP contribution in [0.5, 0.6) is 5.88 Å². The number of rotatable bonds is 8. The molecule has 5 atom stereocenters. The van der Waals surface area contributed by atoms with Crippen LogP contribution in [-0.2, 0) is 33.3 Å². The molecule has 2 aromatic heterocycles. The van der Waals surface area contributed by atoms with Crippen molar-refractivity contribution in [3.8, 4) is 16.6 Å². The van der Waals surface area contributed by atoms with Crippen LogP contribution in [0.2, 0.25) is 10.0 Å². The summed E-state index contributed by atoms with van der Waals surface area (Å²) in [5, 5.41) is 19.7. The number of thioether (sulfide) groups is 1. The Bertz CT molecular complexity index is 1420. The van der Waals surface area contributed by atoms with Gasteiger partial charge in [-0.3, -0.25) is 14.4 Å². The van der Waals surface area contributed by atoms with Crippen molar-refractivity contribution in [2.45, 2.75) is 55.5 Å². The highest BCUT2D eigenvalue weighted by molar-refractivity contribution is 7.99. The maximum absolute atomic E-state index is 14.9. The molecule has 1 aliphatic heterocycles. The molecule has 0 spiro atoms. The third kappa shape index (κ3) is 7.01. The second kappa shape index (κ2) is 12.7. The van der Waals surface area contributed by atoms with Gasteiger partial charge >= 0.3 is 17.9 Å². The van der Waals surface area contributed by atoms with Crippen molar-refractivity contribution in [3.63, 3.8) is 0 Å². The van der Waals surface area contributed by atoms with E-state index in [9.17, 15) is 23.9 Å². The van der Waals surface area contributed by atoms with Crippen molar-refractivity contribution in [1.82, 2.24) is 20.0 Å². The van der Waals surface area contributed by atoms with Crippen molar-refractivity contribution in [2.75, 3.05) is 6.61 Å². The van der Waals surface area contributed by atoms with Crippen LogP contribution in [0.15, 0.2) is 28.6 Å². The first kappa shape index (κ1) is 30.0. The average molecular weight is 635 g/mol. The summed E-state index contributed by atoms with van der Waals surface area (Å²) >= 11 is 14.0. The number of aromatic nitrogens is 4. The van der Waals surface area contributed by atoms with Crippen LogP contribution in [0.1, 0.15) is 26.8 Å². The summed E-state index contributed by atoms with van der Waals surface area (Å²) in [6.07, 6.45) is -2.11. The molecule has 3 aromatic rings. The lowest BCUT2D eigenvalue weighted by Crippen LogP contribution is -2.57. The fourth-order valence-corrected chi connectivity index (χ4v) is 6.07. The Morgan fingerprint density at radius 1 is 1.12 bits per heavy atom. The minimum atomic E-state index is -1.24. The first-order chi connectivity index (χ1) is 18.9. The highest BCUT2D eigenvalue weighted by atomic mass is 35.5. The van der Waals surface area contributed by atoms with E-state index in [2.05, 4.69) is 15.3 Å². The summed E-state index contributed by atoms with van der Waals surface area (Å²) in [5.74, 6) is -2.98. The van der Waals surface area contributed by atoms with Crippen LogP contribution in [-0.4, -0.2) is 73.3 Å². The lowest BCUT2D eigenvalue weighted by molar-refractivity contribution is -0.212. The van der Waals surface area contributed by atoms with Gasteiger partial charge in [0, 0.05) is 25.7 Å². The SMILES string of the molecule is CC(=O)OCC1O[C@H](Sc2cc(Cl)c(Cl)cc2F)C(OC(C)=O)C(n2cc(-c3nc(O)cs3)nn2)[C@H]1OC(C)=O. The van der Waals surface area contributed by atoms with E-state index in [4.69, 9.17) is 42.1 Å². The van der Waals surface area contributed by atoms with E-state index in [0.29, 0.717) is 5.01 Å². The van der Waals surface area contributed by atoms with Gasteiger partial charge in [0.15, 0.2) is 12.2 Å². The zero-order valence-corrected chi connectivity index (χ0v) is 24.1. The topological polar surface area (TPSA) is 152 Å². The van der Waals surface area contributed by atoms with Crippen molar-refractivity contribution in [1.29, 1.82) is 0 Å². The standard InChI is InChI=1S/C23H21Cl2FN4O8S2/c1-9(31)35-7-16-20(36-10(2)32)19(30-6-15(28-29-30)22-27-18(34)8-39-22)21(37-11(3)33)23(38-16)40-17-5-13(25)12(24)4-14(17)26/h4-6,8,16,19-21,23,34H,7H2,1-3H3/t16?,19?,20-,21?,23+/m0/s1. The first-order valence-electron chi connectivity index (χ1n) is 11.4. The molecule has 0 aliphatic carbocycles. The van der Waals surface area contributed by atoms with Crippen LogP contribution in [0.25, 0.3) is 10.7 Å². The number of thiazole rings is 1. The van der Waals surface area contributed by atoms with E-state index in [1.165, 1.54) is 29.2 Å². The monoisotopic (exact) mass is 634 g/mol. The molecule has 0 radical (unpaired) electrons. The van der Waals surface area contributed by atoms with Crippen molar-refractivity contribution >= 4 is 64.2 Å². The lowest BCUT2D eigenvalue weighted by Gasteiger charge is -2.44. The molecular formula is C23H21Cl2FN4O8S2. The Hall–Kier alpha value is -2.98. The summed E-state index contributed by atoms with van der Waals surface area (Å²) < 4.78 is 38.7. The van der Waals surface area contributed by atoms with Gasteiger partial charge < -0.3 is 24.1 Å². The van der Waals surface area contributed by atoms with Gasteiger partial charge in [0.25, 0.3) is 0 Å². The number of aromatic hydroxyl groups is 1. The van der Waals surface area contributed by atoms with Gasteiger partial charge in [-0.2, -0.15) is 0 Å². The highest BCUT2D eigenvalue weighted by Crippen LogP contribution is 2.43. The molecule has 1 saturated heterocycles. The first-order valence-corrected chi connectivity index (χ1v) is 14.0. The van der Waals surface area contributed by atoms with Gasteiger partial charge in [-0.25, -0.2) is 14.1 Å². The summed E-state index contributed by atoms with van der Waals surface area (Å²) in [5.41, 5.74) is -0.888. The summed E-state index contributed by atoms with van der Waals surface area (Å²) in [6, 6.07) is 1.22. The molecule has 17 heteroatoms. The second-order valence-corrected chi connectivity index (χ2v) is 11.2. The van der Waals surface area contributed by atoms with E-state index in [-0.39, 0.29) is 33.1 Å². The lowest BCUT2D eigenvalue weighted by atomic mass is 9.96. The molecule has 3 unspecified atom stereocenters. The molecule has 1 aromatic carbocycles. The Labute approximate surface area is 244 Å². The van der Waals surface area contributed by atoms with Gasteiger partial charge in [-0.15, -0.1) is 16.4 Å². The van der Waals surface area contributed by atoms with Gasteiger partial charge in [-0.05, 0) is 12.1 Å². The second-order valence-electron chi connectivity index (χ2n) is 8.39. The average Bonchev–Trinajstić information content (AvgIpc) is 3.51. The van der Waals surface area contributed by atoms with Crippen LogP contribution in [0.3, 0.4) is 0 Å². The number of ether oxygens (including phenoxy) is 4. The number of benzene rings is 1. The van der Waals surface area contributed by atoms with Crippen LogP contribution in [0, 0.1) is 5.82 Å². The maximum Gasteiger partial charge on any atom is 0.303 e. The molecule has 1 N–H and O–H groups in total. The quantitative estimate of drug-likeness (QED) is 0.216. The van der Waals surface area contributed by atoms with Crippen molar-refractivity contribution in [2.24, 2.45) is 0 Å². The normalized spacial score (nSPS) is 22.5. The van der Waals surface area contributed by atoms with E-state index in [0.717, 1.165) is 43.0 Å².